The van der Waals surface area contributed by atoms with E-state index < -0.39 is 0 Å². The Balaban J connectivity index is 2.40. The summed E-state index contributed by atoms with van der Waals surface area (Å²) in [6.45, 7) is 3.28. The Morgan fingerprint density at radius 1 is 1.47 bits per heavy atom. The zero-order valence-electron chi connectivity index (χ0n) is 10.7. The van der Waals surface area contributed by atoms with Crippen LogP contribution < -0.4 is 10.5 Å². The first-order valence-electron chi connectivity index (χ1n) is 5.94. The molecule has 2 N–H and O–H groups in total. The van der Waals surface area contributed by atoms with E-state index in [4.69, 9.17) is 15.2 Å². The number of hydrogen-bond donors (Lipinski definition) is 1. The highest BCUT2D eigenvalue weighted by atomic mass is 16.5. The van der Waals surface area contributed by atoms with Crippen LogP contribution >= 0.6 is 0 Å². The molecule has 2 atom stereocenters. The van der Waals surface area contributed by atoms with E-state index in [0.29, 0.717) is 18.4 Å². The highest BCUT2D eigenvalue weighted by molar-refractivity contribution is 5.47. The van der Waals surface area contributed by atoms with Crippen LogP contribution in [0.2, 0.25) is 0 Å². The number of methoxy groups -OCH3 is 2. The van der Waals surface area contributed by atoms with Crippen LogP contribution in [0.25, 0.3) is 0 Å². The Morgan fingerprint density at radius 3 is 2.76 bits per heavy atom. The first kappa shape index (κ1) is 12.3. The van der Waals surface area contributed by atoms with Crippen LogP contribution in [-0.2, 0) is 11.3 Å². The van der Waals surface area contributed by atoms with Crippen molar-refractivity contribution in [2.24, 2.45) is 11.7 Å². The lowest BCUT2D eigenvalue weighted by Crippen LogP contribution is -2.06. The van der Waals surface area contributed by atoms with E-state index in [1.165, 1.54) is 5.56 Å². The summed E-state index contributed by atoms with van der Waals surface area (Å²) in [6, 6.07) is 0. The third-order valence-corrected chi connectivity index (χ3v) is 3.43. The molecule has 0 aliphatic heterocycles. The molecule has 1 aromatic heterocycles. The van der Waals surface area contributed by atoms with Gasteiger partial charge in [-0.3, -0.25) is 4.98 Å². The van der Waals surface area contributed by atoms with Crippen LogP contribution in [0.5, 0.6) is 5.75 Å². The predicted molar refractivity (Wildman–Crippen MR) is 66.1 cm³/mol. The van der Waals surface area contributed by atoms with Gasteiger partial charge >= 0.3 is 0 Å². The van der Waals surface area contributed by atoms with Gasteiger partial charge in [0.15, 0.2) is 0 Å². The van der Waals surface area contributed by atoms with Crippen LogP contribution in [0.4, 0.5) is 0 Å². The fraction of sp³-hybridized carbons (Fsp3) is 0.615. The van der Waals surface area contributed by atoms with Crippen molar-refractivity contribution in [3.05, 3.63) is 23.0 Å². The van der Waals surface area contributed by atoms with Crippen molar-refractivity contribution in [3.63, 3.8) is 0 Å². The van der Waals surface area contributed by atoms with Gasteiger partial charge in [0.25, 0.3) is 0 Å². The number of ether oxygens (including phenoxy) is 2. The predicted octanol–water partition coefficient (Wildman–Crippen LogP) is 1.61. The summed E-state index contributed by atoms with van der Waals surface area (Å²) in [5.74, 6) is 2.00. The highest BCUT2D eigenvalue weighted by Gasteiger charge is 2.40. The van der Waals surface area contributed by atoms with Crippen molar-refractivity contribution in [2.75, 3.05) is 20.8 Å². The minimum absolute atomic E-state index is 0.516. The Labute approximate surface area is 102 Å². The quantitative estimate of drug-likeness (QED) is 0.843. The molecule has 94 valence electrons. The van der Waals surface area contributed by atoms with Gasteiger partial charge in [-0.05, 0) is 31.7 Å². The molecule has 1 heterocycles. The monoisotopic (exact) mass is 236 g/mol. The van der Waals surface area contributed by atoms with E-state index in [1.54, 1.807) is 14.2 Å². The van der Waals surface area contributed by atoms with Gasteiger partial charge in [-0.1, -0.05) is 0 Å². The first-order valence-corrected chi connectivity index (χ1v) is 5.94. The van der Waals surface area contributed by atoms with Crippen LogP contribution in [0.1, 0.15) is 29.2 Å². The number of hydrogen-bond acceptors (Lipinski definition) is 4. The summed E-state index contributed by atoms with van der Waals surface area (Å²) in [6.07, 6.45) is 3.04. The minimum atomic E-state index is 0.516. The lowest BCUT2D eigenvalue weighted by atomic mass is 10.0. The van der Waals surface area contributed by atoms with Gasteiger partial charge in [0.2, 0.25) is 0 Å². The molecule has 0 bridgehead atoms. The number of nitrogens with two attached hydrogens (primary N) is 1. The Hall–Kier alpha value is -1.13. The third kappa shape index (κ3) is 2.28. The second-order valence-corrected chi connectivity index (χ2v) is 4.59. The second kappa shape index (κ2) is 5.02. The lowest BCUT2D eigenvalue weighted by Gasteiger charge is -2.15. The molecular weight excluding hydrogens is 216 g/mol. The first-order chi connectivity index (χ1) is 8.22. The lowest BCUT2D eigenvalue weighted by molar-refractivity contribution is 0.183. The van der Waals surface area contributed by atoms with Crippen molar-refractivity contribution in [3.8, 4) is 5.75 Å². The molecule has 2 rings (SSSR count). The van der Waals surface area contributed by atoms with Crippen LogP contribution in [0.15, 0.2) is 6.20 Å². The average molecular weight is 236 g/mol. The van der Waals surface area contributed by atoms with Crippen LogP contribution in [0.3, 0.4) is 0 Å². The maximum Gasteiger partial charge on any atom is 0.143 e. The van der Waals surface area contributed by atoms with E-state index in [2.05, 4.69) is 4.98 Å². The Kier molecular flexibility index (Phi) is 3.64. The fourth-order valence-electron chi connectivity index (χ4n) is 2.44. The van der Waals surface area contributed by atoms with Gasteiger partial charge in [-0.15, -0.1) is 0 Å². The van der Waals surface area contributed by atoms with Gasteiger partial charge in [-0.2, -0.15) is 0 Å². The van der Waals surface area contributed by atoms with E-state index in [0.717, 1.165) is 30.0 Å². The standard InChI is InChI=1S/C13H20N2O2/c1-8-13(17-3)12(11-4-9(11)5-14)10(6-15-8)7-16-2/h6,9,11H,4-5,7,14H2,1-3H3. The number of aryl methyl sites for hydroxylation is 1. The molecule has 4 nitrogen and oxygen atoms in total. The second-order valence-electron chi connectivity index (χ2n) is 4.59. The van der Waals surface area contributed by atoms with E-state index >= 15 is 0 Å². The average Bonchev–Trinajstić information content (AvgIpc) is 3.10. The van der Waals surface area contributed by atoms with Crippen molar-refractivity contribution in [2.45, 2.75) is 25.9 Å². The molecule has 0 radical (unpaired) electrons. The van der Waals surface area contributed by atoms with E-state index in [-0.39, 0.29) is 0 Å². The van der Waals surface area contributed by atoms with Crippen LogP contribution in [-0.4, -0.2) is 25.7 Å². The van der Waals surface area contributed by atoms with Crippen LogP contribution in [0, 0.1) is 12.8 Å². The summed E-state index contributed by atoms with van der Waals surface area (Å²) in [5.41, 5.74) is 9.03. The van der Waals surface area contributed by atoms with Gasteiger partial charge in [0.05, 0.1) is 19.4 Å². The largest absolute Gasteiger partial charge is 0.495 e. The summed E-state index contributed by atoms with van der Waals surface area (Å²) in [7, 11) is 3.40. The van der Waals surface area contributed by atoms with E-state index in [9.17, 15) is 0 Å². The maximum atomic E-state index is 5.73. The smallest absolute Gasteiger partial charge is 0.143 e. The molecule has 2 unspecified atom stereocenters. The number of rotatable bonds is 5. The molecular formula is C13H20N2O2. The molecule has 1 aliphatic rings. The highest BCUT2D eigenvalue weighted by Crippen LogP contribution is 2.51. The Morgan fingerprint density at radius 2 is 2.24 bits per heavy atom. The fourth-order valence-corrected chi connectivity index (χ4v) is 2.44. The number of nitrogens with zero attached hydrogens (tertiary/aromatic N) is 1. The molecule has 0 amide bonds. The summed E-state index contributed by atoms with van der Waals surface area (Å²) < 4.78 is 10.7. The van der Waals surface area contributed by atoms with Gasteiger partial charge in [0.1, 0.15) is 5.75 Å². The topological polar surface area (TPSA) is 57.4 Å². The van der Waals surface area contributed by atoms with Crippen molar-refractivity contribution in [1.82, 2.24) is 4.98 Å². The molecule has 4 heteroatoms. The summed E-state index contributed by atoms with van der Waals surface area (Å²) >= 11 is 0. The Bertz CT molecular complexity index is 407. The minimum Gasteiger partial charge on any atom is -0.495 e. The van der Waals surface area contributed by atoms with E-state index in [1.807, 2.05) is 13.1 Å². The van der Waals surface area contributed by atoms with Crippen molar-refractivity contribution >= 4 is 0 Å². The maximum absolute atomic E-state index is 5.73. The van der Waals surface area contributed by atoms with Crippen molar-refractivity contribution < 1.29 is 9.47 Å². The molecule has 1 aliphatic carbocycles. The summed E-state index contributed by atoms with van der Waals surface area (Å²) in [5, 5.41) is 0. The molecule has 0 saturated heterocycles. The number of aromatic nitrogens is 1. The molecule has 1 saturated carbocycles. The molecule has 17 heavy (non-hydrogen) atoms. The zero-order valence-corrected chi connectivity index (χ0v) is 10.7. The zero-order chi connectivity index (χ0) is 12.4. The SMILES string of the molecule is COCc1cnc(C)c(OC)c1C1CC1CN. The molecule has 0 aromatic carbocycles. The molecule has 0 spiro atoms. The van der Waals surface area contributed by atoms with Gasteiger partial charge in [0, 0.05) is 24.4 Å². The summed E-state index contributed by atoms with van der Waals surface area (Å²) in [4.78, 5) is 4.35. The van der Waals surface area contributed by atoms with Gasteiger partial charge < -0.3 is 15.2 Å². The van der Waals surface area contributed by atoms with Crippen molar-refractivity contribution in [1.29, 1.82) is 0 Å². The molecule has 1 fully saturated rings. The normalized spacial score (nSPS) is 22.6. The molecule has 1 aromatic rings. The van der Waals surface area contributed by atoms with Gasteiger partial charge in [-0.25, -0.2) is 0 Å². The third-order valence-electron chi connectivity index (χ3n) is 3.43. The number of pyridine rings is 1.